The van der Waals surface area contributed by atoms with Crippen molar-refractivity contribution in [1.29, 1.82) is 0 Å². The van der Waals surface area contributed by atoms with Crippen molar-refractivity contribution in [2.45, 2.75) is 38.5 Å². The van der Waals surface area contributed by atoms with Gasteiger partial charge in [0.05, 0.1) is 11.8 Å². The van der Waals surface area contributed by atoms with E-state index in [1.54, 1.807) is 0 Å². The van der Waals surface area contributed by atoms with Crippen molar-refractivity contribution < 1.29 is 4.74 Å². The number of hydrogen-bond acceptors (Lipinski definition) is 4. The van der Waals surface area contributed by atoms with Crippen LogP contribution in [0.1, 0.15) is 24.2 Å². The molecule has 2 heterocycles. The van der Waals surface area contributed by atoms with E-state index in [-0.39, 0.29) is 12.1 Å². The summed E-state index contributed by atoms with van der Waals surface area (Å²) in [5, 5.41) is 0. The van der Waals surface area contributed by atoms with Crippen LogP contribution in [0, 0.1) is 6.92 Å². The minimum Gasteiger partial charge on any atom is -0.377 e. The van der Waals surface area contributed by atoms with Gasteiger partial charge in [0, 0.05) is 31.4 Å². The van der Waals surface area contributed by atoms with Gasteiger partial charge in [0.15, 0.2) is 0 Å². The van der Waals surface area contributed by atoms with Crippen LogP contribution in [0.15, 0.2) is 18.2 Å². The van der Waals surface area contributed by atoms with E-state index in [1.807, 2.05) is 13.0 Å². The lowest BCUT2D eigenvalue weighted by atomic mass is 10.1. The number of pyridine rings is 1. The van der Waals surface area contributed by atoms with Crippen molar-refractivity contribution in [3.8, 4) is 0 Å². The molecule has 0 aromatic carbocycles. The molecule has 1 aliphatic heterocycles. The molecular formula is C14H23N3O. The second kappa shape index (κ2) is 6.27. The standard InChI is InChI=1S/C14H23N3O/c1-11-5-3-6-12(16-11)10-17(2)13(9-15)14-7-4-8-18-14/h3,5-6,13-14H,4,7-10,15H2,1-2H3. The van der Waals surface area contributed by atoms with Crippen LogP contribution in [-0.4, -0.2) is 42.2 Å². The summed E-state index contributed by atoms with van der Waals surface area (Å²) in [5.74, 6) is 0. The average Bonchev–Trinajstić information content (AvgIpc) is 2.83. The first kappa shape index (κ1) is 13.5. The highest BCUT2D eigenvalue weighted by molar-refractivity contribution is 5.10. The third kappa shape index (κ3) is 3.28. The maximum atomic E-state index is 5.89. The van der Waals surface area contributed by atoms with E-state index >= 15 is 0 Å². The number of likely N-dealkylation sites (N-methyl/N-ethyl adjacent to an activating group) is 1. The predicted molar refractivity (Wildman–Crippen MR) is 72.3 cm³/mol. The Kier molecular flexibility index (Phi) is 4.69. The zero-order valence-corrected chi connectivity index (χ0v) is 11.3. The Morgan fingerprint density at radius 3 is 3.00 bits per heavy atom. The van der Waals surface area contributed by atoms with E-state index in [4.69, 9.17) is 10.5 Å². The summed E-state index contributed by atoms with van der Waals surface area (Å²) in [6, 6.07) is 6.42. The Labute approximate surface area is 109 Å². The fourth-order valence-electron chi connectivity index (χ4n) is 2.58. The topological polar surface area (TPSA) is 51.4 Å². The average molecular weight is 249 g/mol. The molecule has 0 radical (unpaired) electrons. The van der Waals surface area contributed by atoms with Crippen LogP contribution < -0.4 is 5.73 Å². The fraction of sp³-hybridized carbons (Fsp3) is 0.643. The summed E-state index contributed by atoms with van der Waals surface area (Å²) < 4.78 is 5.75. The minimum absolute atomic E-state index is 0.282. The number of aromatic nitrogens is 1. The quantitative estimate of drug-likeness (QED) is 0.855. The fourth-order valence-corrected chi connectivity index (χ4v) is 2.58. The van der Waals surface area contributed by atoms with Crippen molar-refractivity contribution in [2.75, 3.05) is 20.2 Å². The van der Waals surface area contributed by atoms with Crippen LogP contribution in [-0.2, 0) is 11.3 Å². The van der Waals surface area contributed by atoms with Gasteiger partial charge in [-0.3, -0.25) is 9.88 Å². The van der Waals surface area contributed by atoms with Gasteiger partial charge in [-0.25, -0.2) is 0 Å². The molecule has 2 N–H and O–H groups in total. The van der Waals surface area contributed by atoms with Crippen LogP contribution in [0.3, 0.4) is 0 Å². The largest absolute Gasteiger partial charge is 0.377 e. The normalized spacial score (nSPS) is 21.4. The zero-order valence-electron chi connectivity index (χ0n) is 11.3. The van der Waals surface area contributed by atoms with Crippen LogP contribution in [0.2, 0.25) is 0 Å². The third-order valence-corrected chi connectivity index (χ3v) is 3.56. The highest BCUT2D eigenvalue weighted by atomic mass is 16.5. The number of ether oxygens (including phenoxy) is 1. The van der Waals surface area contributed by atoms with Crippen molar-refractivity contribution in [1.82, 2.24) is 9.88 Å². The molecule has 0 bridgehead atoms. The van der Waals surface area contributed by atoms with E-state index in [1.165, 1.54) is 0 Å². The molecular weight excluding hydrogens is 226 g/mol. The van der Waals surface area contributed by atoms with Gasteiger partial charge in [0.25, 0.3) is 0 Å². The van der Waals surface area contributed by atoms with E-state index in [0.717, 1.165) is 37.4 Å². The monoisotopic (exact) mass is 249 g/mol. The summed E-state index contributed by atoms with van der Waals surface area (Å²) in [6.45, 7) is 4.35. The molecule has 0 aliphatic carbocycles. The summed E-state index contributed by atoms with van der Waals surface area (Å²) in [6.07, 6.45) is 2.55. The first-order valence-electron chi connectivity index (χ1n) is 6.65. The number of aryl methyl sites for hydroxylation is 1. The summed E-state index contributed by atoms with van der Waals surface area (Å²) >= 11 is 0. The molecule has 2 unspecified atom stereocenters. The van der Waals surface area contributed by atoms with Crippen molar-refractivity contribution in [3.63, 3.8) is 0 Å². The van der Waals surface area contributed by atoms with Gasteiger partial charge in [0.2, 0.25) is 0 Å². The van der Waals surface area contributed by atoms with Crippen molar-refractivity contribution >= 4 is 0 Å². The lowest BCUT2D eigenvalue weighted by Gasteiger charge is -2.30. The summed E-state index contributed by atoms with van der Waals surface area (Å²) in [5.41, 5.74) is 8.04. The molecule has 4 nitrogen and oxygen atoms in total. The molecule has 1 fully saturated rings. The van der Waals surface area contributed by atoms with Gasteiger partial charge in [-0.1, -0.05) is 6.07 Å². The van der Waals surface area contributed by atoms with E-state index in [9.17, 15) is 0 Å². The van der Waals surface area contributed by atoms with Crippen LogP contribution in [0.25, 0.3) is 0 Å². The molecule has 2 rings (SSSR count). The second-order valence-corrected chi connectivity index (χ2v) is 5.04. The molecule has 1 saturated heterocycles. The van der Waals surface area contributed by atoms with Crippen LogP contribution in [0.4, 0.5) is 0 Å². The predicted octanol–water partition coefficient (Wildman–Crippen LogP) is 1.33. The molecule has 18 heavy (non-hydrogen) atoms. The lowest BCUT2D eigenvalue weighted by molar-refractivity contribution is 0.0343. The molecule has 0 spiro atoms. The van der Waals surface area contributed by atoms with E-state index < -0.39 is 0 Å². The van der Waals surface area contributed by atoms with Gasteiger partial charge in [-0.05, 0) is 38.9 Å². The Bertz CT molecular complexity index is 377. The molecule has 1 aliphatic rings. The summed E-state index contributed by atoms with van der Waals surface area (Å²) in [4.78, 5) is 6.79. The summed E-state index contributed by atoms with van der Waals surface area (Å²) in [7, 11) is 2.10. The van der Waals surface area contributed by atoms with E-state index in [0.29, 0.717) is 6.54 Å². The van der Waals surface area contributed by atoms with Crippen LogP contribution >= 0.6 is 0 Å². The molecule has 100 valence electrons. The maximum absolute atomic E-state index is 5.89. The van der Waals surface area contributed by atoms with Gasteiger partial charge in [-0.2, -0.15) is 0 Å². The first-order valence-corrected chi connectivity index (χ1v) is 6.65. The first-order chi connectivity index (χ1) is 8.70. The Morgan fingerprint density at radius 1 is 1.56 bits per heavy atom. The maximum Gasteiger partial charge on any atom is 0.0743 e. The van der Waals surface area contributed by atoms with Gasteiger partial charge < -0.3 is 10.5 Å². The second-order valence-electron chi connectivity index (χ2n) is 5.04. The van der Waals surface area contributed by atoms with Gasteiger partial charge in [0.1, 0.15) is 0 Å². The van der Waals surface area contributed by atoms with Crippen molar-refractivity contribution in [2.24, 2.45) is 5.73 Å². The minimum atomic E-state index is 0.282. The number of nitrogens with two attached hydrogens (primary N) is 1. The molecule has 0 amide bonds. The molecule has 4 heteroatoms. The molecule has 0 saturated carbocycles. The number of hydrogen-bond donors (Lipinski definition) is 1. The highest BCUT2D eigenvalue weighted by Gasteiger charge is 2.28. The lowest BCUT2D eigenvalue weighted by Crippen LogP contribution is -2.45. The number of nitrogens with zero attached hydrogens (tertiary/aromatic N) is 2. The smallest absolute Gasteiger partial charge is 0.0743 e. The van der Waals surface area contributed by atoms with Crippen LogP contribution in [0.5, 0.6) is 0 Å². The van der Waals surface area contributed by atoms with Crippen molar-refractivity contribution in [3.05, 3.63) is 29.6 Å². The Hall–Kier alpha value is -0.970. The number of rotatable bonds is 5. The zero-order chi connectivity index (χ0) is 13.0. The molecule has 1 aromatic rings. The molecule has 2 atom stereocenters. The SMILES string of the molecule is Cc1cccc(CN(C)C(CN)C2CCCO2)n1. The Balaban J connectivity index is 1.98. The van der Waals surface area contributed by atoms with E-state index in [2.05, 4.69) is 29.1 Å². The highest BCUT2D eigenvalue weighted by Crippen LogP contribution is 2.19. The molecule has 1 aromatic heterocycles. The third-order valence-electron chi connectivity index (χ3n) is 3.56. The van der Waals surface area contributed by atoms with Gasteiger partial charge >= 0.3 is 0 Å². The Morgan fingerprint density at radius 2 is 2.39 bits per heavy atom. The van der Waals surface area contributed by atoms with Gasteiger partial charge in [-0.15, -0.1) is 0 Å².